The molecule has 0 atom stereocenters. The summed E-state index contributed by atoms with van der Waals surface area (Å²) < 4.78 is 10.8. The number of amides is 1. The zero-order valence-electron chi connectivity index (χ0n) is 13.0. The number of aromatic nitrogens is 1. The van der Waals surface area contributed by atoms with Crippen molar-refractivity contribution in [1.82, 2.24) is 4.98 Å². The summed E-state index contributed by atoms with van der Waals surface area (Å²) in [5.41, 5.74) is 1.64. The summed E-state index contributed by atoms with van der Waals surface area (Å²) in [6.45, 7) is 5.18. The Morgan fingerprint density at radius 2 is 2.17 bits per heavy atom. The average Bonchev–Trinajstić information content (AvgIpc) is 3.14. The maximum atomic E-state index is 12.3. The first-order valence-corrected chi connectivity index (χ1v) is 8.26. The van der Waals surface area contributed by atoms with Crippen LogP contribution in [0.5, 0.6) is 0 Å². The van der Waals surface area contributed by atoms with Crippen LogP contribution in [-0.2, 0) is 4.74 Å². The fourth-order valence-corrected chi connectivity index (χ4v) is 3.55. The lowest BCUT2D eigenvalue weighted by molar-refractivity contribution is 0.0794. The average molecular weight is 331 g/mol. The Labute approximate surface area is 138 Å². The first-order valence-electron chi connectivity index (χ1n) is 7.44. The zero-order valence-corrected chi connectivity index (χ0v) is 13.8. The number of thiophene rings is 1. The lowest BCUT2D eigenvalue weighted by Gasteiger charge is -2.18. The van der Waals surface area contributed by atoms with E-state index in [9.17, 15) is 10.1 Å². The van der Waals surface area contributed by atoms with E-state index in [0.29, 0.717) is 29.7 Å². The minimum atomic E-state index is -0.357. The van der Waals surface area contributed by atoms with Crippen molar-refractivity contribution in [1.29, 1.82) is 5.26 Å². The standard InChI is InChI=1S/C16H17N3O3S/c1-9-10(2)23-16(12(9)7-17)19-14(20)13-8-22-15(18-13)11-3-5-21-6-4-11/h8,11H,3-6H2,1-2H3,(H,19,20). The number of carbonyl (C=O) groups is 1. The molecule has 0 aliphatic carbocycles. The van der Waals surface area contributed by atoms with Crippen molar-refractivity contribution in [3.63, 3.8) is 0 Å². The number of anilines is 1. The second-order valence-electron chi connectivity index (χ2n) is 5.51. The van der Waals surface area contributed by atoms with Gasteiger partial charge < -0.3 is 14.5 Å². The highest BCUT2D eigenvalue weighted by Crippen LogP contribution is 2.32. The van der Waals surface area contributed by atoms with E-state index in [2.05, 4.69) is 16.4 Å². The van der Waals surface area contributed by atoms with Gasteiger partial charge in [0.05, 0.1) is 5.56 Å². The zero-order chi connectivity index (χ0) is 16.4. The third kappa shape index (κ3) is 3.14. The fraction of sp³-hybridized carbons (Fsp3) is 0.438. The van der Waals surface area contributed by atoms with Crippen LogP contribution in [0.4, 0.5) is 5.00 Å². The van der Waals surface area contributed by atoms with Gasteiger partial charge in [0.15, 0.2) is 11.6 Å². The number of aryl methyl sites for hydroxylation is 1. The molecule has 6 nitrogen and oxygen atoms in total. The van der Waals surface area contributed by atoms with Gasteiger partial charge in [-0.25, -0.2) is 4.98 Å². The van der Waals surface area contributed by atoms with Crippen LogP contribution in [-0.4, -0.2) is 24.1 Å². The predicted molar refractivity (Wildman–Crippen MR) is 85.8 cm³/mol. The number of nitrogens with zero attached hydrogens (tertiary/aromatic N) is 2. The van der Waals surface area contributed by atoms with Crippen molar-refractivity contribution in [3.8, 4) is 6.07 Å². The second-order valence-corrected chi connectivity index (χ2v) is 6.74. The van der Waals surface area contributed by atoms with E-state index in [0.717, 1.165) is 23.3 Å². The molecule has 2 aromatic heterocycles. The van der Waals surface area contributed by atoms with Crippen LogP contribution in [0.3, 0.4) is 0 Å². The van der Waals surface area contributed by atoms with E-state index >= 15 is 0 Å². The highest BCUT2D eigenvalue weighted by molar-refractivity contribution is 7.16. The van der Waals surface area contributed by atoms with Gasteiger partial charge >= 0.3 is 0 Å². The Bertz CT molecular complexity index is 766. The van der Waals surface area contributed by atoms with Crippen LogP contribution in [0, 0.1) is 25.2 Å². The minimum Gasteiger partial charge on any atom is -0.448 e. The summed E-state index contributed by atoms with van der Waals surface area (Å²) in [5.74, 6) is 0.425. The van der Waals surface area contributed by atoms with Crippen molar-refractivity contribution in [2.75, 3.05) is 18.5 Å². The number of rotatable bonds is 3. The molecule has 0 bridgehead atoms. The van der Waals surface area contributed by atoms with Crippen molar-refractivity contribution in [2.45, 2.75) is 32.6 Å². The van der Waals surface area contributed by atoms with Gasteiger partial charge in [0, 0.05) is 24.0 Å². The fourth-order valence-electron chi connectivity index (χ4n) is 2.54. The summed E-state index contributed by atoms with van der Waals surface area (Å²) in [5, 5.41) is 12.6. The van der Waals surface area contributed by atoms with Gasteiger partial charge in [0.2, 0.25) is 0 Å². The molecule has 1 saturated heterocycles. The smallest absolute Gasteiger partial charge is 0.278 e. The number of nitrogens with one attached hydrogen (secondary N) is 1. The van der Waals surface area contributed by atoms with E-state index in [1.165, 1.54) is 17.6 Å². The molecule has 0 spiro atoms. The Kier molecular flexibility index (Phi) is 4.46. The van der Waals surface area contributed by atoms with Crippen LogP contribution in [0.15, 0.2) is 10.7 Å². The van der Waals surface area contributed by atoms with Gasteiger partial charge in [-0.3, -0.25) is 4.79 Å². The van der Waals surface area contributed by atoms with E-state index in [-0.39, 0.29) is 17.5 Å². The number of oxazole rings is 1. The molecule has 1 fully saturated rings. The molecule has 0 saturated carbocycles. The van der Waals surface area contributed by atoms with Crippen LogP contribution in [0.2, 0.25) is 0 Å². The summed E-state index contributed by atoms with van der Waals surface area (Å²) in [6, 6.07) is 2.14. The van der Waals surface area contributed by atoms with Crippen LogP contribution in [0.25, 0.3) is 0 Å². The number of nitriles is 1. The van der Waals surface area contributed by atoms with E-state index in [1.807, 2.05) is 13.8 Å². The molecule has 120 valence electrons. The monoisotopic (exact) mass is 331 g/mol. The second kappa shape index (κ2) is 6.52. The van der Waals surface area contributed by atoms with Gasteiger partial charge in [-0.2, -0.15) is 5.26 Å². The van der Waals surface area contributed by atoms with Gasteiger partial charge in [0.1, 0.15) is 17.3 Å². The topological polar surface area (TPSA) is 88.2 Å². The molecular weight excluding hydrogens is 314 g/mol. The molecule has 0 aromatic carbocycles. The third-order valence-corrected chi connectivity index (χ3v) is 5.17. The Morgan fingerprint density at radius 1 is 1.43 bits per heavy atom. The molecule has 2 aromatic rings. The summed E-state index contributed by atoms with van der Waals surface area (Å²) in [4.78, 5) is 17.7. The Hall–Kier alpha value is -2.17. The first kappa shape index (κ1) is 15.7. The normalized spacial score (nSPS) is 15.3. The van der Waals surface area contributed by atoms with Crippen molar-refractivity contribution < 1.29 is 13.9 Å². The van der Waals surface area contributed by atoms with Gasteiger partial charge in [-0.05, 0) is 32.3 Å². The number of ether oxygens (including phenoxy) is 1. The number of hydrogen-bond acceptors (Lipinski definition) is 6. The van der Waals surface area contributed by atoms with E-state index < -0.39 is 0 Å². The summed E-state index contributed by atoms with van der Waals surface area (Å²) in [7, 11) is 0. The van der Waals surface area contributed by atoms with Crippen molar-refractivity contribution in [2.24, 2.45) is 0 Å². The SMILES string of the molecule is Cc1sc(NC(=O)c2coc(C3CCOCC3)n2)c(C#N)c1C. The van der Waals surface area contributed by atoms with Crippen molar-refractivity contribution in [3.05, 3.63) is 33.9 Å². The number of carbonyl (C=O) groups excluding carboxylic acids is 1. The summed E-state index contributed by atoms with van der Waals surface area (Å²) >= 11 is 1.39. The molecule has 0 unspecified atom stereocenters. The lowest BCUT2D eigenvalue weighted by atomic mass is 10.0. The summed E-state index contributed by atoms with van der Waals surface area (Å²) in [6.07, 6.45) is 3.08. The highest BCUT2D eigenvalue weighted by atomic mass is 32.1. The maximum absolute atomic E-state index is 12.3. The van der Waals surface area contributed by atoms with E-state index in [4.69, 9.17) is 9.15 Å². The molecule has 7 heteroatoms. The molecule has 3 rings (SSSR count). The first-order chi connectivity index (χ1) is 11.1. The Morgan fingerprint density at radius 3 is 2.87 bits per heavy atom. The molecule has 1 aliphatic rings. The number of hydrogen-bond donors (Lipinski definition) is 1. The Balaban J connectivity index is 1.75. The molecule has 3 heterocycles. The van der Waals surface area contributed by atoms with Gasteiger partial charge in [0.25, 0.3) is 5.91 Å². The molecule has 1 aliphatic heterocycles. The van der Waals surface area contributed by atoms with Crippen LogP contribution < -0.4 is 5.32 Å². The van der Waals surface area contributed by atoms with Crippen LogP contribution >= 0.6 is 11.3 Å². The predicted octanol–water partition coefficient (Wildman–Crippen LogP) is 3.37. The van der Waals surface area contributed by atoms with Crippen LogP contribution in [0.1, 0.15) is 51.1 Å². The van der Waals surface area contributed by atoms with Gasteiger partial charge in [-0.15, -0.1) is 11.3 Å². The molecule has 23 heavy (non-hydrogen) atoms. The molecule has 1 N–H and O–H groups in total. The highest BCUT2D eigenvalue weighted by Gasteiger charge is 2.23. The quantitative estimate of drug-likeness (QED) is 0.931. The lowest BCUT2D eigenvalue weighted by Crippen LogP contribution is -2.15. The van der Waals surface area contributed by atoms with Gasteiger partial charge in [-0.1, -0.05) is 0 Å². The molecule has 0 radical (unpaired) electrons. The molecular formula is C16H17N3O3S. The largest absolute Gasteiger partial charge is 0.448 e. The molecule has 1 amide bonds. The van der Waals surface area contributed by atoms with E-state index in [1.54, 1.807) is 0 Å². The minimum absolute atomic E-state index is 0.200. The maximum Gasteiger partial charge on any atom is 0.278 e. The van der Waals surface area contributed by atoms with Crippen molar-refractivity contribution >= 4 is 22.2 Å². The third-order valence-electron chi connectivity index (χ3n) is 4.05.